The van der Waals surface area contributed by atoms with Crippen molar-refractivity contribution in [2.75, 3.05) is 19.6 Å². The Morgan fingerprint density at radius 2 is 1.70 bits per heavy atom. The number of nitrogens with one attached hydrogen (secondary N) is 2. The zero-order valence-corrected chi connectivity index (χ0v) is 15.6. The van der Waals surface area contributed by atoms with Crippen molar-refractivity contribution >= 4 is 23.9 Å². The summed E-state index contributed by atoms with van der Waals surface area (Å²) in [7, 11) is 0. The van der Waals surface area contributed by atoms with Crippen molar-refractivity contribution in [3.05, 3.63) is 0 Å². The second kappa shape index (κ2) is 6.87. The predicted octanol–water partition coefficient (Wildman–Crippen LogP) is -0.341. The molecule has 3 N–H and O–H groups in total. The fourth-order valence-corrected chi connectivity index (χ4v) is 3.35. The van der Waals surface area contributed by atoms with E-state index in [9.17, 15) is 24.4 Å². The van der Waals surface area contributed by atoms with E-state index in [1.54, 1.807) is 20.8 Å². The summed E-state index contributed by atoms with van der Waals surface area (Å²) >= 11 is 0. The van der Waals surface area contributed by atoms with Gasteiger partial charge in [0.25, 0.3) is 5.91 Å². The van der Waals surface area contributed by atoms with Crippen LogP contribution in [0.15, 0.2) is 0 Å². The summed E-state index contributed by atoms with van der Waals surface area (Å²) in [5, 5.41) is 10.3. The molecule has 3 rings (SSSR count). The lowest BCUT2D eigenvalue weighted by molar-refractivity contribution is -0.136. The number of piperidine rings is 1. The van der Waals surface area contributed by atoms with Gasteiger partial charge >= 0.3 is 12.1 Å². The van der Waals surface area contributed by atoms with E-state index in [2.05, 4.69) is 10.9 Å². The van der Waals surface area contributed by atoms with Crippen LogP contribution in [0.3, 0.4) is 0 Å². The van der Waals surface area contributed by atoms with Crippen molar-refractivity contribution < 1.29 is 29.1 Å². The van der Waals surface area contributed by atoms with E-state index in [-0.39, 0.29) is 25.7 Å². The van der Waals surface area contributed by atoms with Gasteiger partial charge in [-0.1, -0.05) is 0 Å². The van der Waals surface area contributed by atoms with Crippen LogP contribution >= 0.6 is 0 Å². The van der Waals surface area contributed by atoms with Crippen LogP contribution in [-0.2, 0) is 14.3 Å². The van der Waals surface area contributed by atoms with Crippen molar-refractivity contribution in [2.24, 2.45) is 5.92 Å². The predicted molar refractivity (Wildman–Crippen MR) is 90.1 cm³/mol. The number of carbonyl (C=O) groups excluding carboxylic acids is 4. The van der Waals surface area contributed by atoms with Gasteiger partial charge in [-0.25, -0.2) is 14.7 Å². The average Bonchev–Trinajstić information content (AvgIpc) is 2.74. The number of likely N-dealkylation sites (tertiary alicyclic amines) is 1. The molecule has 0 unspecified atom stereocenters. The SMILES string of the molecule is CC(C)(C)OC(=O)N1CC(C(=O)NNC(=O)[C@H]2CC[C@H]3CN2C(=O)N3O)C1. The van der Waals surface area contributed by atoms with E-state index < -0.39 is 41.5 Å². The molecule has 150 valence electrons. The van der Waals surface area contributed by atoms with Crippen LogP contribution in [0.25, 0.3) is 0 Å². The maximum Gasteiger partial charge on any atom is 0.410 e. The summed E-state index contributed by atoms with van der Waals surface area (Å²) in [6.45, 7) is 6.00. The molecule has 27 heavy (non-hydrogen) atoms. The Morgan fingerprint density at radius 1 is 1.07 bits per heavy atom. The van der Waals surface area contributed by atoms with Gasteiger partial charge in [-0.2, -0.15) is 0 Å². The van der Waals surface area contributed by atoms with Gasteiger partial charge in [-0.05, 0) is 33.6 Å². The Morgan fingerprint density at radius 3 is 2.33 bits per heavy atom. The minimum absolute atomic E-state index is 0.214. The molecule has 0 radical (unpaired) electrons. The number of nitrogens with zero attached hydrogens (tertiary/aromatic N) is 3. The van der Waals surface area contributed by atoms with Crippen molar-refractivity contribution in [3.63, 3.8) is 0 Å². The van der Waals surface area contributed by atoms with Crippen LogP contribution in [0.4, 0.5) is 9.59 Å². The third-order valence-electron chi connectivity index (χ3n) is 4.86. The Hall–Kier alpha value is -2.56. The summed E-state index contributed by atoms with van der Waals surface area (Å²) in [4.78, 5) is 50.9. The van der Waals surface area contributed by atoms with Crippen molar-refractivity contribution in [1.82, 2.24) is 25.7 Å². The lowest BCUT2D eigenvalue weighted by atomic mass is 10.00. The minimum atomic E-state index is -0.731. The molecule has 2 bridgehead atoms. The van der Waals surface area contributed by atoms with Gasteiger partial charge in [-0.15, -0.1) is 0 Å². The van der Waals surface area contributed by atoms with Crippen LogP contribution in [0.5, 0.6) is 0 Å². The second-order valence-electron chi connectivity index (χ2n) is 8.09. The summed E-state index contributed by atoms with van der Waals surface area (Å²) in [6.07, 6.45) is 0.442. The monoisotopic (exact) mass is 383 g/mol. The summed E-state index contributed by atoms with van der Waals surface area (Å²) in [5.41, 5.74) is 4.07. The third-order valence-corrected chi connectivity index (χ3v) is 4.86. The van der Waals surface area contributed by atoms with E-state index in [1.165, 1.54) is 9.80 Å². The summed E-state index contributed by atoms with van der Waals surface area (Å²) in [5.74, 6) is -1.35. The number of hydrogen-bond donors (Lipinski definition) is 3. The quantitative estimate of drug-likeness (QED) is 0.442. The first-order chi connectivity index (χ1) is 12.6. The number of hydroxylamine groups is 2. The lowest BCUT2D eigenvalue weighted by Crippen LogP contribution is -2.60. The molecular weight excluding hydrogens is 358 g/mol. The maximum atomic E-state index is 12.3. The van der Waals surface area contributed by atoms with Crippen LogP contribution < -0.4 is 10.9 Å². The van der Waals surface area contributed by atoms with Crippen LogP contribution in [0, 0.1) is 5.92 Å². The highest BCUT2D eigenvalue weighted by atomic mass is 16.6. The number of hydrogen-bond acceptors (Lipinski definition) is 6. The molecule has 0 aromatic carbocycles. The van der Waals surface area contributed by atoms with Gasteiger partial charge in [0.2, 0.25) is 5.91 Å². The maximum absolute atomic E-state index is 12.3. The largest absolute Gasteiger partial charge is 0.444 e. The number of urea groups is 1. The Kier molecular flexibility index (Phi) is 4.89. The highest BCUT2D eigenvalue weighted by Crippen LogP contribution is 2.28. The highest BCUT2D eigenvalue weighted by Gasteiger charge is 2.47. The Bertz CT molecular complexity index is 656. The number of amides is 5. The van der Waals surface area contributed by atoms with Gasteiger partial charge in [0.15, 0.2) is 0 Å². The van der Waals surface area contributed by atoms with E-state index in [1.807, 2.05) is 0 Å². The van der Waals surface area contributed by atoms with Gasteiger partial charge in [0.1, 0.15) is 11.6 Å². The topological polar surface area (TPSA) is 132 Å². The van der Waals surface area contributed by atoms with E-state index in [0.29, 0.717) is 17.9 Å². The normalized spacial score (nSPS) is 25.2. The number of rotatable bonds is 2. The number of ether oxygens (including phenoxy) is 1. The molecule has 3 aliphatic rings. The van der Waals surface area contributed by atoms with Crippen LogP contribution in [0.2, 0.25) is 0 Å². The molecule has 0 aromatic heterocycles. The van der Waals surface area contributed by atoms with Gasteiger partial charge in [0, 0.05) is 19.6 Å². The first kappa shape index (κ1) is 19.2. The van der Waals surface area contributed by atoms with Crippen LogP contribution in [-0.4, -0.2) is 81.3 Å². The highest BCUT2D eigenvalue weighted by molar-refractivity contribution is 5.90. The zero-order valence-electron chi connectivity index (χ0n) is 15.6. The van der Waals surface area contributed by atoms with Gasteiger partial charge in [0.05, 0.1) is 12.0 Å². The molecule has 0 spiro atoms. The average molecular weight is 383 g/mol. The molecule has 0 saturated carbocycles. The molecule has 3 aliphatic heterocycles. The standard InChI is InChI=1S/C16H25N5O6/c1-16(2,3)27-15(25)19-6-9(7-19)12(22)17-18-13(23)11-5-4-10-8-20(11)14(24)21(10)26/h9-11,26H,4-8H2,1-3H3,(H,17,22)(H,18,23)/t10-,11+/m0/s1. The first-order valence-electron chi connectivity index (χ1n) is 8.93. The number of hydrazine groups is 1. The van der Waals surface area contributed by atoms with Crippen molar-refractivity contribution in [3.8, 4) is 0 Å². The van der Waals surface area contributed by atoms with E-state index in [4.69, 9.17) is 4.74 Å². The first-order valence-corrected chi connectivity index (χ1v) is 8.93. The summed E-state index contributed by atoms with van der Waals surface area (Å²) in [6, 6.07) is -1.62. The Labute approximate surface area is 156 Å². The molecule has 3 heterocycles. The van der Waals surface area contributed by atoms with E-state index >= 15 is 0 Å². The van der Waals surface area contributed by atoms with E-state index in [0.717, 1.165) is 0 Å². The summed E-state index contributed by atoms with van der Waals surface area (Å²) < 4.78 is 5.22. The molecule has 3 fully saturated rings. The second-order valence-corrected chi connectivity index (χ2v) is 8.09. The fourth-order valence-electron chi connectivity index (χ4n) is 3.35. The molecule has 0 aromatic rings. The lowest BCUT2D eigenvalue weighted by Gasteiger charge is -2.38. The fraction of sp³-hybridized carbons (Fsp3) is 0.750. The smallest absolute Gasteiger partial charge is 0.410 e. The minimum Gasteiger partial charge on any atom is -0.444 e. The molecule has 11 heteroatoms. The van der Waals surface area contributed by atoms with Crippen LogP contribution in [0.1, 0.15) is 33.6 Å². The molecular formula is C16H25N5O6. The molecule has 2 atom stereocenters. The Balaban J connectivity index is 1.42. The number of fused-ring (bicyclic) bond motifs is 2. The molecule has 3 saturated heterocycles. The molecule has 0 aliphatic carbocycles. The van der Waals surface area contributed by atoms with Gasteiger partial charge < -0.3 is 14.5 Å². The zero-order chi connectivity index (χ0) is 19.9. The van der Waals surface area contributed by atoms with Crippen molar-refractivity contribution in [2.45, 2.75) is 51.3 Å². The number of carbonyl (C=O) groups is 4. The molecule has 5 amide bonds. The van der Waals surface area contributed by atoms with Crippen molar-refractivity contribution in [1.29, 1.82) is 0 Å². The third kappa shape index (κ3) is 3.92. The van der Waals surface area contributed by atoms with Gasteiger partial charge in [-0.3, -0.25) is 25.6 Å². The molecule has 11 nitrogen and oxygen atoms in total.